The van der Waals surface area contributed by atoms with Crippen molar-refractivity contribution in [2.75, 3.05) is 13.7 Å². The maximum atomic E-state index is 12.1. The first-order chi connectivity index (χ1) is 20.9. The molecule has 0 radical (unpaired) electrons. The van der Waals surface area contributed by atoms with Gasteiger partial charge in [-0.3, -0.25) is 0 Å². The number of benzene rings is 1. The Morgan fingerprint density at radius 2 is 1.64 bits per heavy atom. The van der Waals surface area contributed by atoms with Crippen LogP contribution in [0.1, 0.15) is 78.9 Å². The SMILES string of the molecule is COc1ncnc2c([C@@H]3C[C@H](COC(C(C)C)C(C)C)[C@@H](O[Si](C)(C(C)C)C(C)C)[C@H]3O)cn(COCc3ccccc3)c12. The molecule has 9 heteroatoms. The van der Waals surface area contributed by atoms with E-state index < -0.39 is 14.4 Å². The molecule has 244 valence electrons. The summed E-state index contributed by atoms with van der Waals surface area (Å²) in [5.74, 6) is 1.16. The van der Waals surface area contributed by atoms with Crippen molar-refractivity contribution in [2.24, 2.45) is 17.8 Å². The van der Waals surface area contributed by atoms with Crippen LogP contribution in [0.5, 0.6) is 5.88 Å². The van der Waals surface area contributed by atoms with Crippen molar-refractivity contribution < 1.29 is 23.7 Å². The van der Waals surface area contributed by atoms with Gasteiger partial charge in [0.25, 0.3) is 0 Å². The van der Waals surface area contributed by atoms with E-state index in [4.69, 9.17) is 23.6 Å². The normalized spacial score (nSPS) is 21.2. The number of aliphatic hydroxyl groups is 1. The molecule has 0 saturated heterocycles. The van der Waals surface area contributed by atoms with Gasteiger partial charge in [-0.05, 0) is 41.4 Å². The number of ether oxygens (including phenoxy) is 3. The fourth-order valence-corrected chi connectivity index (χ4v) is 9.65. The van der Waals surface area contributed by atoms with Crippen molar-refractivity contribution >= 4 is 19.4 Å². The van der Waals surface area contributed by atoms with Gasteiger partial charge in [-0.25, -0.2) is 4.98 Å². The van der Waals surface area contributed by atoms with Crippen molar-refractivity contribution in [1.82, 2.24) is 14.5 Å². The molecular formula is C35H55N3O5Si. The lowest BCUT2D eigenvalue weighted by atomic mass is 9.95. The maximum Gasteiger partial charge on any atom is 0.241 e. The predicted octanol–water partition coefficient (Wildman–Crippen LogP) is 7.56. The van der Waals surface area contributed by atoms with E-state index in [0.29, 0.717) is 48.7 Å². The zero-order chi connectivity index (χ0) is 32.2. The van der Waals surface area contributed by atoms with Crippen LogP contribution in [0, 0.1) is 17.8 Å². The minimum absolute atomic E-state index is 0.0517. The van der Waals surface area contributed by atoms with E-state index >= 15 is 0 Å². The third kappa shape index (κ3) is 7.39. The van der Waals surface area contributed by atoms with Crippen molar-refractivity contribution in [3.63, 3.8) is 0 Å². The van der Waals surface area contributed by atoms with Crippen LogP contribution >= 0.6 is 0 Å². The number of methoxy groups -OCH3 is 1. The first-order valence-electron chi connectivity index (χ1n) is 16.4. The summed E-state index contributed by atoms with van der Waals surface area (Å²) in [4.78, 5) is 9.11. The Balaban J connectivity index is 1.69. The van der Waals surface area contributed by atoms with Gasteiger partial charge in [0.05, 0.1) is 44.2 Å². The van der Waals surface area contributed by atoms with Gasteiger partial charge in [0.1, 0.15) is 18.6 Å². The van der Waals surface area contributed by atoms with Crippen molar-refractivity contribution in [1.29, 1.82) is 0 Å². The first kappa shape index (κ1) is 34.6. The predicted molar refractivity (Wildman–Crippen MR) is 178 cm³/mol. The van der Waals surface area contributed by atoms with Crippen LogP contribution in [0.25, 0.3) is 11.0 Å². The Labute approximate surface area is 265 Å². The number of rotatable bonds is 15. The third-order valence-electron chi connectivity index (χ3n) is 9.85. The van der Waals surface area contributed by atoms with Crippen LogP contribution in [-0.2, 0) is 27.2 Å². The molecule has 3 aromatic rings. The maximum absolute atomic E-state index is 12.1. The summed E-state index contributed by atoms with van der Waals surface area (Å²) in [5.41, 5.74) is 4.44. The molecule has 1 fully saturated rings. The second kappa shape index (κ2) is 14.9. The topological polar surface area (TPSA) is 87.9 Å². The smallest absolute Gasteiger partial charge is 0.241 e. The zero-order valence-electron chi connectivity index (χ0n) is 28.5. The van der Waals surface area contributed by atoms with Gasteiger partial charge >= 0.3 is 0 Å². The molecule has 1 aliphatic rings. The highest BCUT2D eigenvalue weighted by Crippen LogP contribution is 2.47. The average molecular weight is 626 g/mol. The highest BCUT2D eigenvalue weighted by molar-refractivity contribution is 6.75. The second-order valence-corrected chi connectivity index (χ2v) is 19.0. The lowest BCUT2D eigenvalue weighted by Gasteiger charge is -2.40. The van der Waals surface area contributed by atoms with E-state index in [9.17, 15) is 5.11 Å². The molecule has 1 aromatic carbocycles. The third-order valence-corrected chi connectivity index (χ3v) is 15.2. The molecular weight excluding hydrogens is 570 g/mol. The summed E-state index contributed by atoms with van der Waals surface area (Å²) >= 11 is 0. The molecule has 0 bridgehead atoms. The second-order valence-electron chi connectivity index (χ2n) is 14.1. The number of aromatic nitrogens is 3. The fraction of sp³-hybridized carbons (Fsp3) is 0.657. The molecule has 2 aromatic heterocycles. The zero-order valence-corrected chi connectivity index (χ0v) is 29.5. The molecule has 1 N–H and O–H groups in total. The molecule has 0 unspecified atom stereocenters. The van der Waals surface area contributed by atoms with Crippen LogP contribution in [0.2, 0.25) is 17.6 Å². The van der Waals surface area contributed by atoms with Crippen molar-refractivity contribution in [2.45, 2.75) is 117 Å². The molecule has 44 heavy (non-hydrogen) atoms. The number of fused-ring (bicyclic) bond motifs is 1. The van der Waals surface area contributed by atoms with Gasteiger partial charge < -0.3 is 28.3 Å². The van der Waals surface area contributed by atoms with E-state index in [2.05, 4.69) is 85.3 Å². The number of hydrogen-bond acceptors (Lipinski definition) is 7. The van der Waals surface area contributed by atoms with Crippen LogP contribution in [0.3, 0.4) is 0 Å². The molecule has 4 atom stereocenters. The van der Waals surface area contributed by atoms with E-state index in [1.165, 1.54) is 6.33 Å². The van der Waals surface area contributed by atoms with Crippen LogP contribution in [0.15, 0.2) is 42.9 Å². The monoisotopic (exact) mass is 625 g/mol. The Morgan fingerprint density at radius 1 is 0.977 bits per heavy atom. The van der Waals surface area contributed by atoms with E-state index in [1.54, 1.807) is 7.11 Å². The van der Waals surface area contributed by atoms with Crippen molar-refractivity contribution in [3.05, 3.63) is 54.0 Å². The molecule has 8 nitrogen and oxygen atoms in total. The Bertz CT molecular complexity index is 1310. The lowest BCUT2D eigenvalue weighted by Crippen LogP contribution is -2.49. The highest BCUT2D eigenvalue weighted by atomic mass is 28.4. The van der Waals surface area contributed by atoms with Gasteiger partial charge in [0.15, 0.2) is 8.32 Å². The molecule has 0 spiro atoms. The van der Waals surface area contributed by atoms with Gasteiger partial charge in [-0.2, -0.15) is 4.98 Å². The summed E-state index contributed by atoms with van der Waals surface area (Å²) in [5, 5.41) is 12.1. The molecule has 0 aliphatic heterocycles. The standard InChI is InChI=1S/C35H55N3O5Si/c1-22(2)33(23(3)4)42-19-27-16-28(32(39)34(27)43-44(10,24(5)6)25(7)8)29-17-38(21-41-18-26-14-12-11-13-15-26)31-30(29)36-20-37-35(31)40-9/h11-15,17,20,22-25,27-28,32-34,39H,16,18-19,21H2,1-10H3/t27-,28+,32+,34-/m1/s1. The molecule has 0 amide bonds. The van der Waals surface area contributed by atoms with Crippen LogP contribution in [0.4, 0.5) is 0 Å². The largest absolute Gasteiger partial charge is 0.479 e. The van der Waals surface area contributed by atoms with Crippen molar-refractivity contribution in [3.8, 4) is 5.88 Å². The lowest BCUT2D eigenvalue weighted by molar-refractivity contribution is -0.0527. The Hall–Kier alpha value is -2.30. The van der Waals surface area contributed by atoms with E-state index in [-0.39, 0.29) is 24.0 Å². The van der Waals surface area contributed by atoms with Gasteiger partial charge in [-0.15, -0.1) is 0 Å². The average Bonchev–Trinajstić information content (AvgIpc) is 3.50. The Morgan fingerprint density at radius 3 is 2.23 bits per heavy atom. The van der Waals surface area contributed by atoms with Gasteiger partial charge in [-0.1, -0.05) is 85.7 Å². The number of hydrogen-bond donors (Lipinski definition) is 1. The van der Waals surface area contributed by atoms with Gasteiger partial charge in [0, 0.05) is 23.6 Å². The van der Waals surface area contributed by atoms with E-state index in [0.717, 1.165) is 28.6 Å². The molecule has 1 aliphatic carbocycles. The minimum atomic E-state index is -2.18. The summed E-state index contributed by atoms with van der Waals surface area (Å²) < 4.78 is 27.6. The minimum Gasteiger partial charge on any atom is -0.479 e. The number of aliphatic hydroxyl groups excluding tert-OH is 1. The van der Waals surface area contributed by atoms with Crippen LogP contribution in [-0.4, -0.2) is 60.0 Å². The first-order valence-corrected chi connectivity index (χ1v) is 18.9. The highest BCUT2D eigenvalue weighted by Gasteiger charge is 2.50. The van der Waals surface area contributed by atoms with Crippen LogP contribution < -0.4 is 4.74 Å². The number of nitrogens with zero attached hydrogens (tertiary/aromatic N) is 3. The quantitative estimate of drug-likeness (QED) is 0.174. The summed E-state index contributed by atoms with van der Waals surface area (Å²) in [6, 6.07) is 10.1. The Kier molecular flexibility index (Phi) is 11.7. The summed E-state index contributed by atoms with van der Waals surface area (Å²) in [6.07, 6.45) is 3.46. The fourth-order valence-electron chi connectivity index (χ4n) is 6.85. The van der Waals surface area contributed by atoms with E-state index in [1.807, 2.05) is 22.8 Å². The molecule has 2 heterocycles. The summed E-state index contributed by atoms with van der Waals surface area (Å²) in [6.45, 7) is 21.6. The molecule has 4 rings (SSSR count). The summed E-state index contributed by atoms with van der Waals surface area (Å²) in [7, 11) is -0.563. The van der Waals surface area contributed by atoms with Gasteiger partial charge in [0.2, 0.25) is 5.88 Å². The molecule has 1 saturated carbocycles.